The smallest absolute Gasteiger partial charge is 0.325 e. The van der Waals surface area contributed by atoms with Crippen molar-refractivity contribution in [2.45, 2.75) is 32.2 Å². The van der Waals surface area contributed by atoms with Gasteiger partial charge in [0.1, 0.15) is 24.4 Å². The third kappa shape index (κ3) is 4.70. The van der Waals surface area contributed by atoms with Crippen LogP contribution < -0.4 is 10.1 Å². The van der Waals surface area contributed by atoms with Crippen LogP contribution in [-0.2, 0) is 19.9 Å². The van der Waals surface area contributed by atoms with Gasteiger partial charge in [0.2, 0.25) is 5.91 Å². The Morgan fingerprint density at radius 3 is 2.39 bits per heavy atom. The van der Waals surface area contributed by atoms with Crippen molar-refractivity contribution in [3.63, 3.8) is 0 Å². The van der Waals surface area contributed by atoms with Gasteiger partial charge in [-0.3, -0.25) is 19.3 Å². The molecule has 0 saturated carbocycles. The average Bonchev–Trinajstić information content (AvgIpc) is 2.96. The number of ether oxygens (including phenoxy) is 1. The Kier molecular flexibility index (Phi) is 6.33. The van der Waals surface area contributed by atoms with Crippen molar-refractivity contribution in [1.82, 2.24) is 15.1 Å². The Hall–Kier alpha value is -3.36. The molecule has 4 amide bonds. The van der Waals surface area contributed by atoms with E-state index in [9.17, 15) is 19.2 Å². The van der Waals surface area contributed by atoms with E-state index in [1.165, 1.54) is 4.90 Å². The quantitative estimate of drug-likeness (QED) is 0.504. The summed E-state index contributed by atoms with van der Waals surface area (Å²) in [5, 5.41) is 11.8. The van der Waals surface area contributed by atoms with E-state index in [2.05, 4.69) is 11.9 Å². The van der Waals surface area contributed by atoms with Gasteiger partial charge in [0.05, 0.1) is 5.92 Å². The number of nitrogens with one attached hydrogen (secondary N) is 1. The van der Waals surface area contributed by atoms with E-state index in [4.69, 9.17) is 9.84 Å². The molecule has 9 heteroatoms. The van der Waals surface area contributed by atoms with Crippen molar-refractivity contribution >= 4 is 23.8 Å². The van der Waals surface area contributed by atoms with Crippen LogP contribution in [0.1, 0.15) is 32.3 Å². The van der Waals surface area contributed by atoms with Crippen molar-refractivity contribution < 1.29 is 29.0 Å². The lowest BCUT2D eigenvalue weighted by Gasteiger charge is -2.31. The third-order valence-electron chi connectivity index (χ3n) is 5.68. The molecule has 2 aliphatic rings. The van der Waals surface area contributed by atoms with E-state index in [1.54, 1.807) is 31.2 Å². The minimum atomic E-state index is -1.29. The van der Waals surface area contributed by atoms with Gasteiger partial charge in [0.15, 0.2) is 0 Å². The van der Waals surface area contributed by atoms with Crippen molar-refractivity contribution in [3.8, 4) is 5.75 Å². The number of carbonyl (C=O) groups excluding carboxylic acids is 3. The fourth-order valence-corrected chi connectivity index (χ4v) is 3.74. The number of carboxylic acids is 1. The molecule has 2 aliphatic heterocycles. The molecule has 2 heterocycles. The number of benzene rings is 1. The molecule has 0 radical (unpaired) electrons. The molecule has 31 heavy (non-hydrogen) atoms. The number of urea groups is 1. The maximum atomic E-state index is 13.0. The molecular formula is C22H27N3O6. The Morgan fingerprint density at radius 1 is 1.23 bits per heavy atom. The minimum Gasteiger partial charge on any atom is -0.489 e. The van der Waals surface area contributed by atoms with Gasteiger partial charge < -0.3 is 20.1 Å². The minimum absolute atomic E-state index is 0.294. The zero-order valence-corrected chi connectivity index (χ0v) is 17.7. The van der Waals surface area contributed by atoms with Crippen molar-refractivity contribution in [1.29, 1.82) is 0 Å². The number of imide groups is 1. The van der Waals surface area contributed by atoms with Gasteiger partial charge in [-0.15, -0.1) is 0 Å². The summed E-state index contributed by atoms with van der Waals surface area (Å²) in [5.41, 5.74) is 0.160. The molecule has 0 spiro atoms. The molecule has 9 nitrogen and oxygen atoms in total. The molecular weight excluding hydrogens is 402 g/mol. The highest BCUT2D eigenvalue weighted by Crippen LogP contribution is 2.30. The van der Waals surface area contributed by atoms with Crippen molar-refractivity contribution in [3.05, 3.63) is 42.0 Å². The number of likely N-dealkylation sites (tertiary alicyclic amines) is 1. The summed E-state index contributed by atoms with van der Waals surface area (Å²) in [7, 11) is 0. The van der Waals surface area contributed by atoms with Crippen LogP contribution in [0, 0.1) is 5.92 Å². The lowest BCUT2D eigenvalue weighted by molar-refractivity contribution is -0.146. The van der Waals surface area contributed by atoms with Crippen molar-refractivity contribution in [2.24, 2.45) is 5.92 Å². The second kappa shape index (κ2) is 8.79. The first-order valence-corrected chi connectivity index (χ1v) is 10.1. The third-order valence-corrected chi connectivity index (χ3v) is 5.68. The first-order chi connectivity index (χ1) is 14.6. The van der Waals surface area contributed by atoms with E-state index in [1.807, 2.05) is 6.92 Å². The molecule has 1 unspecified atom stereocenters. The van der Waals surface area contributed by atoms with E-state index >= 15 is 0 Å². The fraction of sp³-hybridized carbons (Fsp3) is 0.455. The molecule has 0 aliphatic carbocycles. The van der Waals surface area contributed by atoms with Crippen LogP contribution in [0.2, 0.25) is 0 Å². The molecule has 1 atom stereocenters. The fourth-order valence-electron chi connectivity index (χ4n) is 3.74. The van der Waals surface area contributed by atoms with Crippen LogP contribution in [0.25, 0.3) is 0 Å². The topological polar surface area (TPSA) is 116 Å². The Morgan fingerprint density at radius 2 is 1.84 bits per heavy atom. The first kappa shape index (κ1) is 22.3. The number of rotatable bonds is 7. The van der Waals surface area contributed by atoms with Crippen LogP contribution in [0.3, 0.4) is 0 Å². The predicted octanol–water partition coefficient (Wildman–Crippen LogP) is 1.73. The molecule has 0 bridgehead atoms. The lowest BCUT2D eigenvalue weighted by Crippen LogP contribution is -2.47. The highest BCUT2D eigenvalue weighted by atomic mass is 16.5. The molecule has 1 aromatic carbocycles. The van der Waals surface area contributed by atoms with Crippen LogP contribution in [0.4, 0.5) is 4.79 Å². The number of nitrogens with zero attached hydrogens (tertiary/aromatic N) is 2. The standard InChI is InChI=1S/C22H27N3O6/c1-14(2)13-31-17-6-4-16(5-7-17)22(3)20(29)25(21(30)23-22)12-18(26)24-10-8-15(9-11-24)19(27)28/h4-7,15H,1,8-13H2,2-3H3,(H,23,30)(H,27,28). The summed E-state index contributed by atoms with van der Waals surface area (Å²) >= 11 is 0. The van der Waals surface area contributed by atoms with Crippen LogP contribution in [0.5, 0.6) is 5.75 Å². The first-order valence-electron chi connectivity index (χ1n) is 10.1. The van der Waals surface area contributed by atoms with Crippen LogP contribution in [-0.4, -0.2) is 65.0 Å². The number of carbonyl (C=O) groups is 4. The zero-order chi connectivity index (χ0) is 22.8. The number of piperidine rings is 1. The summed E-state index contributed by atoms with van der Waals surface area (Å²) in [6, 6.07) is 6.19. The molecule has 2 saturated heterocycles. The Bertz CT molecular complexity index is 904. The summed E-state index contributed by atoms with van der Waals surface area (Å²) in [5.74, 6) is -1.61. The molecule has 1 aromatic rings. The molecule has 166 valence electrons. The monoisotopic (exact) mass is 429 g/mol. The number of carboxylic acid groups (broad SMARTS) is 1. The maximum absolute atomic E-state index is 13.0. The van der Waals surface area contributed by atoms with Gasteiger partial charge in [-0.2, -0.15) is 0 Å². The SMILES string of the molecule is C=C(C)COc1ccc(C2(C)NC(=O)N(CC(=O)N3CCC(C(=O)O)CC3)C2=O)cc1. The average molecular weight is 429 g/mol. The van der Waals surface area contributed by atoms with Gasteiger partial charge in [0, 0.05) is 13.1 Å². The largest absolute Gasteiger partial charge is 0.489 e. The number of aliphatic carboxylic acids is 1. The Labute approximate surface area is 180 Å². The van der Waals surface area contributed by atoms with E-state index < -0.39 is 29.4 Å². The summed E-state index contributed by atoms with van der Waals surface area (Å²) in [6.07, 6.45) is 0.720. The van der Waals surface area contributed by atoms with Gasteiger partial charge in [-0.1, -0.05) is 18.7 Å². The zero-order valence-electron chi connectivity index (χ0n) is 17.7. The normalized spacial score (nSPS) is 21.7. The number of hydrogen-bond acceptors (Lipinski definition) is 5. The molecule has 2 N–H and O–H groups in total. The van der Waals surface area contributed by atoms with Gasteiger partial charge >= 0.3 is 12.0 Å². The van der Waals surface area contributed by atoms with E-state index in [0.29, 0.717) is 43.9 Å². The summed E-state index contributed by atoms with van der Waals surface area (Å²) < 4.78 is 5.56. The summed E-state index contributed by atoms with van der Waals surface area (Å²) in [6.45, 7) is 7.82. The van der Waals surface area contributed by atoms with Gasteiger partial charge in [-0.25, -0.2) is 4.79 Å². The molecule has 2 fully saturated rings. The van der Waals surface area contributed by atoms with Gasteiger partial charge in [-0.05, 0) is 50.0 Å². The summed E-state index contributed by atoms with van der Waals surface area (Å²) in [4.78, 5) is 51.6. The molecule has 0 aromatic heterocycles. The van der Waals surface area contributed by atoms with E-state index in [-0.39, 0.29) is 12.5 Å². The van der Waals surface area contributed by atoms with Crippen LogP contribution >= 0.6 is 0 Å². The second-order valence-corrected chi connectivity index (χ2v) is 8.21. The van der Waals surface area contributed by atoms with Crippen molar-refractivity contribution in [2.75, 3.05) is 26.2 Å². The van der Waals surface area contributed by atoms with E-state index in [0.717, 1.165) is 10.5 Å². The Balaban J connectivity index is 1.65. The highest BCUT2D eigenvalue weighted by Gasteiger charge is 2.49. The highest BCUT2D eigenvalue weighted by molar-refractivity contribution is 6.09. The number of hydrogen-bond donors (Lipinski definition) is 2. The maximum Gasteiger partial charge on any atom is 0.325 e. The lowest BCUT2D eigenvalue weighted by atomic mass is 9.92. The molecule has 3 rings (SSSR count). The predicted molar refractivity (Wildman–Crippen MR) is 111 cm³/mol. The second-order valence-electron chi connectivity index (χ2n) is 8.21. The van der Waals surface area contributed by atoms with Crippen LogP contribution in [0.15, 0.2) is 36.4 Å². The van der Waals surface area contributed by atoms with Gasteiger partial charge in [0.25, 0.3) is 5.91 Å². The number of amides is 4.